The lowest BCUT2D eigenvalue weighted by Crippen LogP contribution is -2.17. The first-order chi connectivity index (χ1) is 13.0. The lowest BCUT2D eigenvalue weighted by Gasteiger charge is -2.11. The molecule has 138 valence electrons. The lowest BCUT2D eigenvalue weighted by atomic mass is 9.98. The highest BCUT2D eigenvalue weighted by Crippen LogP contribution is 2.27. The van der Waals surface area contributed by atoms with Gasteiger partial charge in [0.1, 0.15) is 0 Å². The van der Waals surface area contributed by atoms with E-state index in [0.717, 1.165) is 22.6 Å². The van der Waals surface area contributed by atoms with E-state index in [0.29, 0.717) is 27.0 Å². The van der Waals surface area contributed by atoms with Crippen molar-refractivity contribution >= 4 is 28.3 Å². The Morgan fingerprint density at radius 3 is 2.67 bits per heavy atom. The van der Waals surface area contributed by atoms with Crippen molar-refractivity contribution in [2.45, 2.75) is 6.92 Å². The van der Waals surface area contributed by atoms with E-state index in [-0.39, 0.29) is 11.8 Å². The van der Waals surface area contributed by atoms with E-state index in [9.17, 15) is 9.59 Å². The van der Waals surface area contributed by atoms with Crippen LogP contribution in [0, 0.1) is 6.92 Å². The normalized spacial score (nSPS) is 10.3. The number of anilines is 1. The molecule has 0 bridgehead atoms. The summed E-state index contributed by atoms with van der Waals surface area (Å²) in [5, 5.41) is 13.6. The van der Waals surface area contributed by atoms with Crippen molar-refractivity contribution in [3.05, 3.63) is 53.3 Å². The number of aryl methyl sites for hydroxylation is 1. The maximum Gasteiger partial charge on any atom is 0.295 e. The summed E-state index contributed by atoms with van der Waals surface area (Å²) in [4.78, 5) is 28.9. The Balaban J connectivity index is 1.98. The molecule has 3 aromatic rings. The molecule has 3 rings (SSSR count). The van der Waals surface area contributed by atoms with Crippen molar-refractivity contribution in [2.24, 2.45) is 0 Å². The van der Waals surface area contributed by atoms with E-state index < -0.39 is 0 Å². The Morgan fingerprint density at radius 2 is 1.96 bits per heavy atom. The van der Waals surface area contributed by atoms with Gasteiger partial charge >= 0.3 is 0 Å². The van der Waals surface area contributed by atoms with Crippen molar-refractivity contribution < 1.29 is 14.3 Å². The number of carbonyl (C=O) groups is 2. The number of rotatable bonds is 5. The third kappa shape index (κ3) is 4.09. The Kier molecular flexibility index (Phi) is 5.41. The van der Waals surface area contributed by atoms with Gasteiger partial charge in [-0.3, -0.25) is 19.9 Å². The van der Waals surface area contributed by atoms with Gasteiger partial charge in [-0.05, 0) is 47.6 Å². The summed E-state index contributed by atoms with van der Waals surface area (Å²) in [6.07, 6.45) is 1.50. The highest BCUT2D eigenvalue weighted by atomic mass is 32.1. The lowest BCUT2D eigenvalue weighted by molar-refractivity contribution is 0.0962. The molecular weight excluding hydrogens is 366 g/mol. The third-order valence-electron chi connectivity index (χ3n) is 3.75. The highest BCUT2D eigenvalue weighted by Gasteiger charge is 2.17. The molecule has 2 heterocycles. The van der Waals surface area contributed by atoms with Crippen LogP contribution < -0.4 is 15.4 Å². The summed E-state index contributed by atoms with van der Waals surface area (Å²) in [5.74, 6) is -0.573. The van der Waals surface area contributed by atoms with E-state index in [1.165, 1.54) is 13.3 Å². The van der Waals surface area contributed by atoms with Crippen molar-refractivity contribution in [1.29, 1.82) is 0 Å². The second-order valence-corrected chi connectivity index (χ2v) is 6.50. The smallest absolute Gasteiger partial charge is 0.295 e. The number of nitrogens with one attached hydrogen (secondary N) is 2. The van der Waals surface area contributed by atoms with Crippen LogP contribution in [0.2, 0.25) is 0 Å². The molecular formula is C18H17N5O3S. The van der Waals surface area contributed by atoms with Gasteiger partial charge in [0.05, 0.1) is 12.7 Å². The minimum atomic E-state index is -0.373. The molecule has 0 aliphatic carbocycles. The quantitative estimate of drug-likeness (QED) is 0.701. The molecule has 0 atom stereocenters. The van der Waals surface area contributed by atoms with Crippen LogP contribution in [-0.2, 0) is 0 Å². The first kappa shape index (κ1) is 18.5. The fraction of sp³-hybridized carbons (Fsp3) is 0.167. The fourth-order valence-corrected chi connectivity index (χ4v) is 3.01. The number of hydrogen-bond acceptors (Lipinski definition) is 7. The monoisotopic (exact) mass is 383 g/mol. The topological polar surface area (TPSA) is 106 Å². The largest absolute Gasteiger partial charge is 0.472 e. The van der Waals surface area contributed by atoms with Crippen LogP contribution in [0.4, 0.5) is 5.13 Å². The molecule has 2 aromatic heterocycles. The number of carbonyl (C=O) groups excluding carboxylic acids is 2. The molecule has 0 radical (unpaired) electrons. The summed E-state index contributed by atoms with van der Waals surface area (Å²) in [6.45, 7) is 1.84. The average molecular weight is 383 g/mol. The number of hydrogen-bond donors (Lipinski definition) is 2. The molecule has 0 fully saturated rings. The van der Waals surface area contributed by atoms with Gasteiger partial charge in [-0.2, -0.15) is 0 Å². The number of methoxy groups -OCH3 is 1. The molecule has 0 aliphatic rings. The standard InChI is InChI=1S/C18H17N5O3S/c1-10-7-13(11-5-4-6-12(8-11)15(24)19-2)14(9-20-10)16(25)21-17-22-23-18(26-3)27-17/h4-9H,1-3H3,(H,19,24)(H,21,22,25). The van der Waals surface area contributed by atoms with Gasteiger partial charge in [0.25, 0.3) is 17.0 Å². The number of benzene rings is 1. The van der Waals surface area contributed by atoms with Crippen LogP contribution in [0.3, 0.4) is 0 Å². The SMILES string of the molecule is CNC(=O)c1cccc(-c2cc(C)ncc2C(=O)Nc2nnc(OC)s2)c1. The minimum Gasteiger partial charge on any atom is -0.472 e. The zero-order valence-corrected chi connectivity index (χ0v) is 15.8. The molecule has 2 amide bonds. The highest BCUT2D eigenvalue weighted by molar-refractivity contribution is 7.17. The van der Waals surface area contributed by atoms with Crippen LogP contribution >= 0.6 is 11.3 Å². The summed E-state index contributed by atoms with van der Waals surface area (Å²) < 4.78 is 4.98. The maximum absolute atomic E-state index is 12.8. The molecule has 8 nitrogen and oxygen atoms in total. The van der Waals surface area contributed by atoms with Gasteiger partial charge in [-0.25, -0.2) is 0 Å². The van der Waals surface area contributed by atoms with Crippen molar-refractivity contribution in [3.63, 3.8) is 0 Å². The number of nitrogens with zero attached hydrogens (tertiary/aromatic N) is 3. The molecule has 0 aliphatic heterocycles. The molecule has 9 heteroatoms. The molecule has 0 saturated heterocycles. The molecule has 27 heavy (non-hydrogen) atoms. The van der Waals surface area contributed by atoms with Gasteiger partial charge in [-0.15, -0.1) is 5.10 Å². The van der Waals surface area contributed by atoms with Gasteiger partial charge in [0.15, 0.2) is 0 Å². The van der Waals surface area contributed by atoms with Crippen LogP contribution in [0.5, 0.6) is 5.19 Å². The Labute approximate surface area is 159 Å². The predicted molar refractivity (Wildman–Crippen MR) is 102 cm³/mol. The summed E-state index contributed by atoms with van der Waals surface area (Å²) in [7, 11) is 3.05. The zero-order chi connectivity index (χ0) is 19.4. The Hall–Kier alpha value is -3.33. The van der Waals surface area contributed by atoms with E-state index >= 15 is 0 Å². The number of pyridine rings is 1. The summed E-state index contributed by atoms with van der Waals surface area (Å²) >= 11 is 1.12. The number of aromatic nitrogens is 3. The molecule has 1 aromatic carbocycles. The van der Waals surface area contributed by atoms with Crippen LogP contribution in [-0.4, -0.2) is 41.2 Å². The second kappa shape index (κ2) is 7.92. The van der Waals surface area contributed by atoms with Gasteiger partial charge in [0.2, 0.25) is 5.13 Å². The van der Waals surface area contributed by atoms with Crippen molar-refractivity contribution in [1.82, 2.24) is 20.5 Å². The Morgan fingerprint density at radius 1 is 1.15 bits per heavy atom. The van der Waals surface area contributed by atoms with E-state index in [2.05, 4.69) is 25.8 Å². The second-order valence-electron chi connectivity index (χ2n) is 5.56. The molecule has 0 unspecified atom stereocenters. The van der Waals surface area contributed by atoms with Crippen LogP contribution in [0.1, 0.15) is 26.4 Å². The average Bonchev–Trinajstić information content (AvgIpc) is 3.14. The zero-order valence-electron chi connectivity index (χ0n) is 14.9. The first-order valence-corrected chi connectivity index (χ1v) is 8.81. The molecule has 2 N–H and O–H groups in total. The van der Waals surface area contributed by atoms with Crippen molar-refractivity contribution in [2.75, 3.05) is 19.5 Å². The van der Waals surface area contributed by atoms with Crippen molar-refractivity contribution in [3.8, 4) is 16.3 Å². The Bertz CT molecular complexity index is 1000. The van der Waals surface area contributed by atoms with Gasteiger partial charge < -0.3 is 10.1 Å². The molecule has 0 saturated carbocycles. The predicted octanol–water partition coefficient (Wildman–Crippen LogP) is 2.53. The van der Waals surface area contributed by atoms with Crippen LogP contribution in [0.15, 0.2) is 36.5 Å². The third-order valence-corrected chi connectivity index (χ3v) is 4.55. The van der Waals surface area contributed by atoms with E-state index in [1.807, 2.05) is 13.0 Å². The van der Waals surface area contributed by atoms with Crippen LogP contribution in [0.25, 0.3) is 11.1 Å². The number of ether oxygens (including phenoxy) is 1. The maximum atomic E-state index is 12.8. The summed E-state index contributed by atoms with van der Waals surface area (Å²) in [6, 6.07) is 8.86. The number of amides is 2. The fourth-order valence-electron chi connectivity index (χ4n) is 2.46. The van der Waals surface area contributed by atoms with E-state index in [4.69, 9.17) is 4.74 Å². The van der Waals surface area contributed by atoms with E-state index in [1.54, 1.807) is 31.3 Å². The van der Waals surface area contributed by atoms with Gasteiger partial charge in [0, 0.05) is 24.5 Å². The first-order valence-electron chi connectivity index (χ1n) is 8.00. The molecule has 0 spiro atoms. The summed E-state index contributed by atoms with van der Waals surface area (Å²) in [5.41, 5.74) is 3.03. The van der Waals surface area contributed by atoms with Gasteiger partial charge in [-0.1, -0.05) is 17.2 Å². The minimum absolute atomic E-state index is 0.199.